The van der Waals surface area contributed by atoms with Crippen LogP contribution in [0.5, 0.6) is 5.75 Å². The Morgan fingerprint density at radius 1 is 1.03 bits per heavy atom. The van der Waals surface area contributed by atoms with Gasteiger partial charge in [0.25, 0.3) is 11.6 Å². The second-order valence-corrected chi connectivity index (χ2v) is 7.90. The van der Waals surface area contributed by atoms with Gasteiger partial charge < -0.3 is 24.8 Å². The van der Waals surface area contributed by atoms with Crippen molar-refractivity contribution in [1.29, 1.82) is 0 Å². The molecule has 0 saturated heterocycles. The number of hydrogen-bond acceptors (Lipinski definition) is 8. The lowest BCUT2D eigenvalue weighted by Crippen LogP contribution is -2.27. The summed E-state index contributed by atoms with van der Waals surface area (Å²) in [6.45, 7) is 5.95. The predicted octanol–water partition coefficient (Wildman–Crippen LogP) is 4.26. The fraction of sp³-hybridized carbons (Fsp3) is 0.364. The van der Waals surface area contributed by atoms with Crippen molar-refractivity contribution in [2.24, 2.45) is 0 Å². The lowest BCUT2D eigenvalue weighted by molar-refractivity contribution is -0.384. The van der Waals surface area contributed by atoms with Crippen LogP contribution in [0.4, 0.5) is 27.5 Å². The van der Waals surface area contributed by atoms with E-state index in [0.29, 0.717) is 24.6 Å². The number of rotatable bonds is 9. The average Bonchev–Trinajstić information content (AvgIpc) is 2.72. The van der Waals surface area contributed by atoms with Crippen molar-refractivity contribution in [1.82, 2.24) is 0 Å². The molecular weight excluding hydrogens is 432 g/mol. The molecule has 0 aliphatic carbocycles. The Hall–Kier alpha value is -3.86. The molecule has 2 rings (SSSR count). The van der Waals surface area contributed by atoms with Gasteiger partial charge in [-0.3, -0.25) is 20.2 Å². The highest BCUT2D eigenvalue weighted by Crippen LogP contribution is 2.30. The number of nitro groups is 1. The summed E-state index contributed by atoms with van der Waals surface area (Å²) in [5, 5.41) is 19.6. The van der Waals surface area contributed by atoms with Crippen molar-refractivity contribution in [2.75, 3.05) is 43.3 Å². The van der Waals surface area contributed by atoms with E-state index in [1.54, 1.807) is 32.9 Å². The summed E-state index contributed by atoms with van der Waals surface area (Å²) in [5.74, 6) is -0.198. The van der Waals surface area contributed by atoms with Crippen LogP contribution in [0.3, 0.4) is 0 Å². The first-order valence-electron chi connectivity index (χ1n) is 10.0. The second kappa shape index (κ2) is 11.1. The molecule has 0 fully saturated rings. The maximum atomic E-state index is 12.7. The second-order valence-electron chi connectivity index (χ2n) is 7.90. The molecule has 0 aromatic heterocycles. The highest BCUT2D eigenvalue weighted by atomic mass is 16.6. The predicted molar refractivity (Wildman–Crippen MR) is 124 cm³/mol. The lowest BCUT2D eigenvalue weighted by Gasteiger charge is -2.20. The van der Waals surface area contributed by atoms with Crippen LogP contribution in [0.1, 0.15) is 31.1 Å². The van der Waals surface area contributed by atoms with Gasteiger partial charge in [0.1, 0.15) is 17.0 Å². The number of methoxy groups -OCH3 is 2. The van der Waals surface area contributed by atoms with Gasteiger partial charge in [0.05, 0.1) is 24.3 Å². The summed E-state index contributed by atoms with van der Waals surface area (Å²) in [7, 11) is 2.96. The minimum atomic E-state index is -0.692. The Morgan fingerprint density at radius 3 is 2.36 bits per heavy atom. The SMILES string of the molecule is COCCNc1ccc(C(=O)Nc2ccc(OC)c(NC(=O)OC(C)(C)C)c2)cc1[N+](=O)[O-]. The molecule has 0 aliphatic rings. The van der Waals surface area contributed by atoms with Gasteiger partial charge in [-0.2, -0.15) is 0 Å². The van der Waals surface area contributed by atoms with Crippen LogP contribution >= 0.6 is 0 Å². The Morgan fingerprint density at radius 2 is 1.76 bits per heavy atom. The molecule has 2 amide bonds. The van der Waals surface area contributed by atoms with E-state index in [1.807, 2.05) is 0 Å². The van der Waals surface area contributed by atoms with Crippen molar-refractivity contribution in [3.63, 3.8) is 0 Å². The molecule has 0 heterocycles. The first-order chi connectivity index (χ1) is 15.5. The summed E-state index contributed by atoms with van der Waals surface area (Å²) >= 11 is 0. The van der Waals surface area contributed by atoms with Crippen LogP contribution in [0.15, 0.2) is 36.4 Å². The summed E-state index contributed by atoms with van der Waals surface area (Å²) in [4.78, 5) is 35.7. The van der Waals surface area contributed by atoms with E-state index in [-0.39, 0.29) is 22.6 Å². The zero-order chi connectivity index (χ0) is 24.6. The number of anilines is 3. The van der Waals surface area contributed by atoms with E-state index in [4.69, 9.17) is 14.2 Å². The fourth-order valence-electron chi connectivity index (χ4n) is 2.76. The van der Waals surface area contributed by atoms with Crippen molar-refractivity contribution < 1.29 is 28.7 Å². The maximum Gasteiger partial charge on any atom is 0.412 e. The van der Waals surface area contributed by atoms with E-state index in [2.05, 4.69) is 16.0 Å². The van der Waals surface area contributed by atoms with Gasteiger partial charge in [-0.05, 0) is 51.1 Å². The van der Waals surface area contributed by atoms with Crippen LogP contribution in [-0.2, 0) is 9.47 Å². The minimum absolute atomic E-state index is 0.0939. The van der Waals surface area contributed by atoms with Gasteiger partial charge >= 0.3 is 6.09 Å². The number of nitro benzene ring substituents is 1. The van der Waals surface area contributed by atoms with E-state index in [9.17, 15) is 19.7 Å². The number of hydrogen-bond donors (Lipinski definition) is 3. The number of nitrogens with one attached hydrogen (secondary N) is 3. The summed E-state index contributed by atoms with van der Waals surface area (Å²) in [6.07, 6.45) is -0.684. The third-order valence-corrected chi connectivity index (χ3v) is 4.17. The van der Waals surface area contributed by atoms with Crippen molar-refractivity contribution in [3.8, 4) is 5.75 Å². The number of benzene rings is 2. The van der Waals surface area contributed by atoms with E-state index >= 15 is 0 Å². The molecule has 11 nitrogen and oxygen atoms in total. The van der Waals surface area contributed by atoms with Crippen molar-refractivity contribution in [3.05, 3.63) is 52.1 Å². The number of carbonyl (C=O) groups excluding carboxylic acids is 2. The topological polar surface area (TPSA) is 141 Å². The first-order valence-corrected chi connectivity index (χ1v) is 10.0. The fourth-order valence-corrected chi connectivity index (χ4v) is 2.76. The Balaban J connectivity index is 2.21. The Kier molecular flexibility index (Phi) is 8.57. The van der Waals surface area contributed by atoms with Crippen LogP contribution < -0.4 is 20.7 Å². The first kappa shape index (κ1) is 25.4. The summed E-state index contributed by atoms with van der Waals surface area (Å²) in [6, 6.07) is 8.76. The smallest absolute Gasteiger partial charge is 0.412 e. The standard InChI is InChI=1S/C22H28N4O7/c1-22(2,3)33-21(28)25-17-13-15(7-9-19(17)32-5)24-20(27)14-6-8-16(23-10-11-31-4)18(12-14)26(29)30/h6-9,12-13,23H,10-11H2,1-5H3,(H,24,27)(H,25,28). The molecule has 0 radical (unpaired) electrons. The summed E-state index contributed by atoms with van der Waals surface area (Å²) < 4.78 is 15.4. The normalized spacial score (nSPS) is 10.8. The van der Waals surface area contributed by atoms with Gasteiger partial charge in [0.2, 0.25) is 0 Å². The molecule has 0 bridgehead atoms. The molecule has 11 heteroatoms. The number of nitrogens with zero attached hydrogens (tertiary/aromatic N) is 1. The average molecular weight is 460 g/mol. The van der Waals surface area contributed by atoms with Crippen LogP contribution in [0, 0.1) is 10.1 Å². The minimum Gasteiger partial charge on any atom is -0.495 e. The Labute approximate surface area is 191 Å². The quantitative estimate of drug-likeness (QED) is 0.286. The lowest BCUT2D eigenvalue weighted by atomic mass is 10.1. The summed E-state index contributed by atoms with van der Waals surface area (Å²) in [5.41, 5.74) is 0.0757. The molecule has 178 valence electrons. The van der Waals surface area contributed by atoms with E-state index in [1.165, 1.54) is 38.5 Å². The van der Waals surface area contributed by atoms with Gasteiger partial charge in [-0.1, -0.05) is 0 Å². The molecule has 3 N–H and O–H groups in total. The number of carbonyl (C=O) groups is 2. The molecule has 0 unspecified atom stereocenters. The molecule has 0 aliphatic heterocycles. The van der Waals surface area contributed by atoms with Crippen LogP contribution in [0.25, 0.3) is 0 Å². The van der Waals surface area contributed by atoms with E-state index < -0.39 is 22.5 Å². The van der Waals surface area contributed by atoms with Gasteiger partial charge in [0, 0.05) is 31.0 Å². The third kappa shape index (κ3) is 7.65. The van der Waals surface area contributed by atoms with Gasteiger partial charge in [0.15, 0.2) is 0 Å². The van der Waals surface area contributed by atoms with Crippen LogP contribution in [0.2, 0.25) is 0 Å². The zero-order valence-corrected chi connectivity index (χ0v) is 19.2. The third-order valence-electron chi connectivity index (χ3n) is 4.17. The molecule has 2 aromatic carbocycles. The number of amides is 2. The largest absolute Gasteiger partial charge is 0.495 e. The monoisotopic (exact) mass is 460 g/mol. The van der Waals surface area contributed by atoms with E-state index in [0.717, 1.165) is 0 Å². The van der Waals surface area contributed by atoms with Gasteiger partial charge in [-0.25, -0.2) is 4.79 Å². The molecular formula is C22H28N4O7. The molecule has 33 heavy (non-hydrogen) atoms. The highest BCUT2D eigenvalue weighted by Gasteiger charge is 2.20. The highest BCUT2D eigenvalue weighted by molar-refractivity contribution is 6.05. The maximum absolute atomic E-state index is 12.7. The molecule has 0 spiro atoms. The van der Waals surface area contributed by atoms with Crippen molar-refractivity contribution in [2.45, 2.75) is 26.4 Å². The molecule has 0 saturated carbocycles. The van der Waals surface area contributed by atoms with Gasteiger partial charge in [-0.15, -0.1) is 0 Å². The molecule has 2 aromatic rings. The van der Waals surface area contributed by atoms with Crippen LogP contribution in [-0.4, -0.2) is 49.9 Å². The van der Waals surface area contributed by atoms with Crippen molar-refractivity contribution >= 4 is 34.7 Å². The molecule has 0 atom stereocenters. The number of ether oxygens (including phenoxy) is 3. The zero-order valence-electron chi connectivity index (χ0n) is 19.2. The Bertz CT molecular complexity index is 1020.